The van der Waals surface area contributed by atoms with Crippen LogP contribution >= 0.6 is 0 Å². The third-order valence-electron chi connectivity index (χ3n) is 5.93. The van der Waals surface area contributed by atoms with Crippen LogP contribution in [0.1, 0.15) is 46.7 Å². The summed E-state index contributed by atoms with van der Waals surface area (Å²) >= 11 is 0. The molecule has 0 bridgehead atoms. The summed E-state index contributed by atoms with van der Waals surface area (Å²) in [5, 5.41) is 0. The molecule has 5 heteroatoms. The van der Waals surface area contributed by atoms with Crippen molar-refractivity contribution < 1.29 is 9.18 Å². The van der Waals surface area contributed by atoms with Gasteiger partial charge in [-0.15, -0.1) is 0 Å². The molecule has 3 aromatic rings. The number of carbonyl (C=O) groups excluding carboxylic acids is 1. The van der Waals surface area contributed by atoms with Gasteiger partial charge in [-0.05, 0) is 61.1 Å². The number of H-pyrrole nitrogens is 1. The summed E-state index contributed by atoms with van der Waals surface area (Å²) in [5.41, 5.74) is 4.34. The standard InChI is InChI=1S/C21H20FN3O/c22-16-5-1-3-13-7-9-19-15(20(13)16)4-2-10-25(19)21(26)14-6-8-17-18(11-14)24-12-23-17/h1,3,5-6,8,11-12,15,19H,2,4,7,9-10H2,(H,23,24)/t15-,19-/m1/s1. The number of nitrogens with one attached hydrogen (secondary N) is 1. The molecule has 1 N–H and O–H groups in total. The van der Waals surface area contributed by atoms with Crippen LogP contribution in [0.15, 0.2) is 42.7 Å². The Morgan fingerprint density at radius 2 is 2.15 bits per heavy atom. The molecule has 1 aliphatic carbocycles. The van der Waals surface area contributed by atoms with Crippen molar-refractivity contribution in [2.45, 2.75) is 37.6 Å². The topological polar surface area (TPSA) is 49.0 Å². The molecule has 0 radical (unpaired) electrons. The monoisotopic (exact) mass is 349 g/mol. The molecule has 2 aromatic carbocycles. The highest BCUT2D eigenvalue weighted by Crippen LogP contribution is 2.42. The highest BCUT2D eigenvalue weighted by molar-refractivity contribution is 5.97. The Morgan fingerprint density at radius 1 is 1.23 bits per heavy atom. The van der Waals surface area contributed by atoms with Crippen LogP contribution in [0.2, 0.25) is 0 Å². The van der Waals surface area contributed by atoms with Crippen LogP contribution in [0.5, 0.6) is 0 Å². The first-order valence-electron chi connectivity index (χ1n) is 9.24. The van der Waals surface area contributed by atoms with Gasteiger partial charge in [0, 0.05) is 24.1 Å². The first-order chi connectivity index (χ1) is 12.7. The van der Waals surface area contributed by atoms with E-state index in [2.05, 4.69) is 9.97 Å². The first-order valence-corrected chi connectivity index (χ1v) is 9.24. The van der Waals surface area contributed by atoms with Crippen molar-refractivity contribution in [3.05, 3.63) is 65.2 Å². The Labute approximate surface area is 151 Å². The Morgan fingerprint density at radius 3 is 3.08 bits per heavy atom. The molecule has 0 saturated carbocycles. The summed E-state index contributed by atoms with van der Waals surface area (Å²) in [7, 11) is 0. The average Bonchev–Trinajstić information content (AvgIpc) is 3.14. The molecular formula is C21H20FN3O. The number of fused-ring (bicyclic) bond motifs is 4. The third kappa shape index (κ3) is 2.34. The molecule has 2 heterocycles. The second-order valence-corrected chi connectivity index (χ2v) is 7.30. The maximum Gasteiger partial charge on any atom is 0.254 e. The van der Waals surface area contributed by atoms with Crippen molar-refractivity contribution in [3.63, 3.8) is 0 Å². The number of nitrogens with zero attached hydrogens (tertiary/aromatic N) is 2. The van der Waals surface area contributed by atoms with Gasteiger partial charge in [-0.3, -0.25) is 4.79 Å². The van der Waals surface area contributed by atoms with E-state index in [0.717, 1.165) is 54.4 Å². The number of piperidine rings is 1. The second kappa shape index (κ2) is 5.94. The van der Waals surface area contributed by atoms with Crippen LogP contribution in [0.3, 0.4) is 0 Å². The fourth-order valence-corrected chi connectivity index (χ4v) is 4.76. The second-order valence-electron chi connectivity index (χ2n) is 7.30. The number of carbonyl (C=O) groups is 1. The van der Waals surface area contributed by atoms with Crippen LogP contribution in [0, 0.1) is 5.82 Å². The fourth-order valence-electron chi connectivity index (χ4n) is 4.76. The third-order valence-corrected chi connectivity index (χ3v) is 5.93. The molecule has 1 fully saturated rings. The zero-order valence-electron chi connectivity index (χ0n) is 14.4. The van der Waals surface area contributed by atoms with E-state index >= 15 is 0 Å². The van der Waals surface area contributed by atoms with E-state index in [4.69, 9.17) is 0 Å². The molecule has 4 nitrogen and oxygen atoms in total. The molecule has 0 unspecified atom stereocenters. The number of aromatic nitrogens is 2. The van der Waals surface area contributed by atoms with E-state index in [1.807, 2.05) is 29.2 Å². The van der Waals surface area contributed by atoms with Crippen LogP contribution < -0.4 is 0 Å². The molecule has 132 valence electrons. The number of aromatic amines is 1. The van der Waals surface area contributed by atoms with Gasteiger partial charge >= 0.3 is 0 Å². The maximum atomic E-state index is 14.5. The van der Waals surface area contributed by atoms with Crippen molar-refractivity contribution in [1.29, 1.82) is 0 Å². The minimum Gasteiger partial charge on any atom is -0.345 e. The van der Waals surface area contributed by atoms with Gasteiger partial charge in [0.25, 0.3) is 5.91 Å². The van der Waals surface area contributed by atoms with E-state index in [-0.39, 0.29) is 23.7 Å². The smallest absolute Gasteiger partial charge is 0.254 e. The molecule has 1 aliphatic heterocycles. The van der Waals surface area contributed by atoms with Gasteiger partial charge in [0.2, 0.25) is 0 Å². The summed E-state index contributed by atoms with van der Waals surface area (Å²) < 4.78 is 14.5. The minimum absolute atomic E-state index is 0.0380. The number of hydrogen-bond donors (Lipinski definition) is 1. The molecule has 1 aromatic heterocycles. The van der Waals surface area contributed by atoms with Gasteiger partial charge in [0.15, 0.2) is 0 Å². The molecule has 2 aliphatic rings. The Hall–Kier alpha value is -2.69. The summed E-state index contributed by atoms with van der Waals surface area (Å²) in [5.74, 6) is 0.0231. The summed E-state index contributed by atoms with van der Waals surface area (Å²) in [4.78, 5) is 22.5. The maximum absolute atomic E-state index is 14.5. The van der Waals surface area contributed by atoms with E-state index in [9.17, 15) is 9.18 Å². The van der Waals surface area contributed by atoms with Crippen molar-refractivity contribution in [3.8, 4) is 0 Å². The lowest BCUT2D eigenvalue weighted by Gasteiger charge is -2.45. The van der Waals surface area contributed by atoms with E-state index in [1.54, 1.807) is 18.5 Å². The van der Waals surface area contributed by atoms with Crippen molar-refractivity contribution in [2.24, 2.45) is 0 Å². The van der Waals surface area contributed by atoms with Gasteiger partial charge in [0.1, 0.15) is 5.82 Å². The lowest BCUT2D eigenvalue weighted by Crippen LogP contribution is -2.49. The predicted octanol–water partition coefficient (Wildman–Crippen LogP) is 4.04. The van der Waals surface area contributed by atoms with Gasteiger partial charge < -0.3 is 9.88 Å². The lowest BCUT2D eigenvalue weighted by molar-refractivity contribution is 0.0543. The zero-order valence-corrected chi connectivity index (χ0v) is 14.4. The Kier molecular flexibility index (Phi) is 3.55. The van der Waals surface area contributed by atoms with Crippen LogP contribution in [0.4, 0.5) is 4.39 Å². The minimum atomic E-state index is -0.120. The SMILES string of the molecule is O=C(c1ccc2nc[nH]c2c1)N1CCC[C@H]2c3c(F)cccc3CC[C@H]21. The number of hydrogen-bond acceptors (Lipinski definition) is 2. The quantitative estimate of drug-likeness (QED) is 0.721. The Balaban J connectivity index is 1.50. The van der Waals surface area contributed by atoms with Crippen LogP contribution in [0.25, 0.3) is 11.0 Å². The first kappa shape index (κ1) is 15.6. The summed E-state index contributed by atoms with van der Waals surface area (Å²) in [6.45, 7) is 0.741. The highest BCUT2D eigenvalue weighted by atomic mass is 19.1. The van der Waals surface area contributed by atoms with E-state index in [1.165, 1.54) is 0 Å². The number of halogens is 1. The molecule has 0 spiro atoms. The number of imidazole rings is 1. The van der Waals surface area contributed by atoms with Gasteiger partial charge in [-0.2, -0.15) is 0 Å². The van der Waals surface area contributed by atoms with Crippen molar-refractivity contribution >= 4 is 16.9 Å². The van der Waals surface area contributed by atoms with Crippen LogP contribution in [-0.4, -0.2) is 33.4 Å². The van der Waals surface area contributed by atoms with Crippen LogP contribution in [-0.2, 0) is 6.42 Å². The van der Waals surface area contributed by atoms with Gasteiger partial charge in [-0.1, -0.05) is 12.1 Å². The molecule has 1 saturated heterocycles. The zero-order chi connectivity index (χ0) is 17.7. The summed E-state index contributed by atoms with van der Waals surface area (Å²) in [6.07, 6.45) is 5.22. The van der Waals surface area contributed by atoms with Gasteiger partial charge in [-0.25, -0.2) is 9.37 Å². The van der Waals surface area contributed by atoms with E-state index < -0.39 is 0 Å². The molecule has 2 atom stereocenters. The fraction of sp³-hybridized carbons (Fsp3) is 0.333. The highest BCUT2D eigenvalue weighted by Gasteiger charge is 2.39. The molecular weight excluding hydrogens is 329 g/mol. The number of rotatable bonds is 1. The predicted molar refractivity (Wildman–Crippen MR) is 97.6 cm³/mol. The number of amides is 1. The van der Waals surface area contributed by atoms with Crippen molar-refractivity contribution in [2.75, 3.05) is 6.54 Å². The summed E-state index contributed by atoms with van der Waals surface area (Å²) in [6, 6.07) is 11.0. The largest absolute Gasteiger partial charge is 0.345 e. The molecule has 5 rings (SSSR count). The molecule has 26 heavy (non-hydrogen) atoms. The number of benzene rings is 2. The average molecular weight is 349 g/mol. The lowest BCUT2D eigenvalue weighted by atomic mass is 9.74. The number of aryl methyl sites for hydroxylation is 1. The van der Waals surface area contributed by atoms with Gasteiger partial charge in [0.05, 0.1) is 17.4 Å². The number of likely N-dealkylation sites (tertiary alicyclic amines) is 1. The van der Waals surface area contributed by atoms with Crippen molar-refractivity contribution in [1.82, 2.24) is 14.9 Å². The van der Waals surface area contributed by atoms with E-state index in [0.29, 0.717) is 5.56 Å². The normalized spacial score (nSPS) is 22.1. The molecule has 1 amide bonds. The Bertz CT molecular complexity index is 996.